The molecule has 0 spiro atoms. The van der Waals surface area contributed by atoms with E-state index in [0.29, 0.717) is 28.8 Å². The molecule has 0 aliphatic heterocycles. The van der Waals surface area contributed by atoms with Crippen molar-refractivity contribution in [2.75, 3.05) is 18.4 Å². The summed E-state index contributed by atoms with van der Waals surface area (Å²) in [5, 5.41) is 8.16. The van der Waals surface area contributed by atoms with Crippen molar-refractivity contribution in [3.05, 3.63) is 65.7 Å². The van der Waals surface area contributed by atoms with Gasteiger partial charge in [-0.3, -0.25) is 9.59 Å². The molecule has 3 aromatic rings. The Morgan fingerprint density at radius 2 is 1.70 bits per heavy atom. The van der Waals surface area contributed by atoms with Crippen LogP contribution < -0.4 is 5.32 Å². The zero-order valence-corrected chi connectivity index (χ0v) is 20.6. The van der Waals surface area contributed by atoms with Crippen LogP contribution >= 0.6 is 11.6 Å². The molecule has 2 aromatic carbocycles. The SMILES string of the molecule is CC(C)CN(CC(=O)Nc1cc(-c2ccccc2)nn1-c1ccccc1Cl)C(=O)C(C)(C)C. The van der Waals surface area contributed by atoms with Gasteiger partial charge in [0.2, 0.25) is 11.8 Å². The second-order valence-corrected chi connectivity index (χ2v) is 9.93. The zero-order valence-electron chi connectivity index (χ0n) is 19.8. The molecule has 6 nitrogen and oxygen atoms in total. The normalized spacial score (nSPS) is 11.5. The number of nitrogens with zero attached hydrogens (tertiary/aromatic N) is 3. The lowest BCUT2D eigenvalue weighted by Crippen LogP contribution is -2.45. The number of anilines is 1. The molecule has 0 bridgehead atoms. The van der Waals surface area contributed by atoms with Gasteiger partial charge in [0.1, 0.15) is 5.82 Å². The summed E-state index contributed by atoms with van der Waals surface area (Å²) in [7, 11) is 0. The Morgan fingerprint density at radius 3 is 2.30 bits per heavy atom. The van der Waals surface area contributed by atoms with Crippen LogP contribution in [0.25, 0.3) is 16.9 Å². The topological polar surface area (TPSA) is 67.2 Å². The number of nitrogens with one attached hydrogen (secondary N) is 1. The fourth-order valence-corrected chi connectivity index (χ4v) is 3.73. The second kappa shape index (κ2) is 10.2. The van der Waals surface area contributed by atoms with E-state index >= 15 is 0 Å². The number of amides is 2. The molecule has 0 saturated carbocycles. The number of hydrogen-bond donors (Lipinski definition) is 1. The van der Waals surface area contributed by atoms with Crippen LogP contribution in [0.3, 0.4) is 0 Å². The Labute approximate surface area is 200 Å². The summed E-state index contributed by atoms with van der Waals surface area (Å²) in [6, 6.07) is 18.9. The molecule has 0 unspecified atom stereocenters. The molecule has 0 radical (unpaired) electrons. The van der Waals surface area contributed by atoms with Gasteiger partial charge < -0.3 is 10.2 Å². The Kier molecular flexibility index (Phi) is 7.59. The molecule has 7 heteroatoms. The van der Waals surface area contributed by atoms with Crippen molar-refractivity contribution in [3.8, 4) is 16.9 Å². The van der Waals surface area contributed by atoms with Crippen LogP contribution in [-0.4, -0.2) is 39.6 Å². The molecule has 0 aliphatic carbocycles. The molecule has 0 saturated heterocycles. The molecule has 3 rings (SSSR count). The molecule has 1 aromatic heterocycles. The number of para-hydroxylation sites is 1. The number of carbonyl (C=O) groups excluding carboxylic acids is 2. The van der Waals surface area contributed by atoms with Gasteiger partial charge in [0.15, 0.2) is 0 Å². The van der Waals surface area contributed by atoms with Crippen molar-refractivity contribution >= 4 is 29.2 Å². The molecule has 0 aliphatic rings. The lowest BCUT2D eigenvalue weighted by atomic mass is 9.94. The predicted octanol–water partition coefficient (Wildman–Crippen LogP) is 5.66. The number of halogens is 1. The van der Waals surface area contributed by atoms with E-state index in [1.807, 2.05) is 89.2 Å². The first-order valence-corrected chi connectivity index (χ1v) is 11.4. The first kappa shape index (κ1) is 24.5. The summed E-state index contributed by atoms with van der Waals surface area (Å²) in [4.78, 5) is 27.6. The Morgan fingerprint density at radius 1 is 1.06 bits per heavy atom. The lowest BCUT2D eigenvalue weighted by molar-refractivity contribution is -0.142. The Bertz CT molecular complexity index is 1120. The van der Waals surface area contributed by atoms with Crippen molar-refractivity contribution in [1.82, 2.24) is 14.7 Å². The summed E-state index contributed by atoms with van der Waals surface area (Å²) in [6.45, 7) is 10.1. The van der Waals surface area contributed by atoms with Gasteiger partial charge in [-0.1, -0.05) is 88.7 Å². The van der Waals surface area contributed by atoms with Crippen LogP contribution in [-0.2, 0) is 9.59 Å². The van der Waals surface area contributed by atoms with Gasteiger partial charge in [-0.2, -0.15) is 5.10 Å². The molecule has 174 valence electrons. The Balaban J connectivity index is 1.93. The maximum absolute atomic E-state index is 13.1. The highest BCUT2D eigenvalue weighted by atomic mass is 35.5. The molecule has 33 heavy (non-hydrogen) atoms. The molecule has 0 fully saturated rings. The quantitative estimate of drug-likeness (QED) is 0.488. The number of aromatic nitrogens is 2. The summed E-state index contributed by atoms with van der Waals surface area (Å²) in [5.74, 6) is 0.374. The minimum absolute atomic E-state index is 0.0390. The summed E-state index contributed by atoms with van der Waals surface area (Å²) in [5.41, 5.74) is 1.70. The van der Waals surface area contributed by atoms with Gasteiger partial charge in [0, 0.05) is 23.6 Å². The van der Waals surface area contributed by atoms with Crippen molar-refractivity contribution in [2.24, 2.45) is 11.3 Å². The molecular formula is C26H31ClN4O2. The molecular weight excluding hydrogens is 436 g/mol. The van der Waals surface area contributed by atoms with E-state index in [1.165, 1.54) is 0 Å². The highest BCUT2D eigenvalue weighted by Crippen LogP contribution is 2.28. The number of carbonyl (C=O) groups is 2. The van der Waals surface area contributed by atoms with Crippen molar-refractivity contribution in [2.45, 2.75) is 34.6 Å². The summed E-state index contributed by atoms with van der Waals surface area (Å²) >= 11 is 6.43. The van der Waals surface area contributed by atoms with Crippen LogP contribution in [0.5, 0.6) is 0 Å². The van der Waals surface area contributed by atoms with Crippen LogP contribution in [0, 0.1) is 11.3 Å². The third kappa shape index (κ3) is 6.23. The van der Waals surface area contributed by atoms with Crippen LogP contribution in [0.1, 0.15) is 34.6 Å². The zero-order chi connectivity index (χ0) is 24.2. The van der Waals surface area contributed by atoms with Gasteiger partial charge in [-0.15, -0.1) is 0 Å². The first-order chi connectivity index (χ1) is 15.6. The minimum Gasteiger partial charge on any atom is -0.333 e. The number of benzene rings is 2. The largest absolute Gasteiger partial charge is 0.333 e. The molecule has 0 atom stereocenters. The molecule has 1 N–H and O–H groups in total. The van der Waals surface area contributed by atoms with Crippen LogP contribution in [0.2, 0.25) is 5.02 Å². The van der Waals surface area contributed by atoms with E-state index in [-0.39, 0.29) is 24.3 Å². The summed E-state index contributed by atoms with van der Waals surface area (Å²) in [6.07, 6.45) is 0. The van der Waals surface area contributed by atoms with E-state index in [0.717, 1.165) is 5.56 Å². The van der Waals surface area contributed by atoms with Crippen LogP contribution in [0.15, 0.2) is 60.7 Å². The van der Waals surface area contributed by atoms with Crippen molar-refractivity contribution in [3.63, 3.8) is 0 Å². The fraction of sp³-hybridized carbons (Fsp3) is 0.346. The van der Waals surface area contributed by atoms with Crippen molar-refractivity contribution < 1.29 is 9.59 Å². The van der Waals surface area contributed by atoms with Gasteiger partial charge in [-0.05, 0) is 18.1 Å². The lowest BCUT2D eigenvalue weighted by Gasteiger charge is -2.30. The number of rotatable bonds is 7. The third-order valence-electron chi connectivity index (χ3n) is 4.98. The third-order valence-corrected chi connectivity index (χ3v) is 5.30. The molecule has 1 heterocycles. The standard InChI is InChI=1S/C26H31ClN4O2/c1-18(2)16-30(25(33)26(3,4)5)17-24(32)28-23-15-21(19-11-7-6-8-12-19)29-31(23)22-14-10-9-13-20(22)27/h6-15,18H,16-17H2,1-5H3,(H,28,32). The average Bonchev–Trinajstić information content (AvgIpc) is 3.16. The average molecular weight is 467 g/mol. The second-order valence-electron chi connectivity index (χ2n) is 9.52. The van der Waals surface area contributed by atoms with E-state index in [1.54, 1.807) is 15.6 Å². The minimum atomic E-state index is -0.574. The highest BCUT2D eigenvalue weighted by molar-refractivity contribution is 6.32. The maximum atomic E-state index is 13.1. The first-order valence-electron chi connectivity index (χ1n) is 11.1. The smallest absolute Gasteiger partial charge is 0.245 e. The van der Waals surface area contributed by atoms with Crippen LogP contribution in [0.4, 0.5) is 5.82 Å². The van der Waals surface area contributed by atoms with Crippen molar-refractivity contribution in [1.29, 1.82) is 0 Å². The van der Waals surface area contributed by atoms with Gasteiger partial charge in [-0.25, -0.2) is 4.68 Å². The molecule has 2 amide bonds. The van der Waals surface area contributed by atoms with E-state index in [9.17, 15) is 9.59 Å². The highest BCUT2D eigenvalue weighted by Gasteiger charge is 2.29. The van der Waals surface area contributed by atoms with Gasteiger partial charge in [0.25, 0.3) is 0 Å². The maximum Gasteiger partial charge on any atom is 0.245 e. The predicted molar refractivity (Wildman–Crippen MR) is 134 cm³/mol. The van der Waals surface area contributed by atoms with E-state index in [4.69, 9.17) is 16.7 Å². The van der Waals surface area contributed by atoms with E-state index in [2.05, 4.69) is 5.32 Å². The Hall–Kier alpha value is -3.12. The van der Waals surface area contributed by atoms with Gasteiger partial charge in [0.05, 0.1) is 22.9 Å². The fourth-order valence-electron chi connectivity index (χ4n) is 3.52. The van der Waals surface area contributed by atoms with Gasteiger partial charge >= 0.3 is 0 Å². The van der Waals surface area contributed by atoms with E-state index < -0.39 is 5.41 Å². The summed E-state index contributed by atoms with van der Waals surface area (Å²) < 4.78 is 1.63. The monoisotopic (exact) mass is 466 g/mol. The number of hydrogen-bond acceptors (Lipinski definition) is 3.